The molecule has 0 amide bonds. The van der Waals surface area contributed by atoms with Crippen molar-refractivity contribution in [3.63, 3.8) is 0 Å². The minimum Gasteiger partial charge on any atom is -0.328 e. The molecule has 1 heterocycles. The number of carbonyl (C=O) groups excluding carboxylic acids is 1. The largest absolute Gasteiger partial charge is 0.328 e. The van der Waals surface area contributed by atoms with E-state index in [1.54, 1.807) is 6.92 Å². The molecule has 104 valence electrons. The van der Waals surface area contributed by atoms with Gasteiger partial charge in [-0.1, -0.05) is 12.0 Å². The van der Waals surface area contributed by atoms with Crippen molar-refractivity contribution in [2.45, 2.75) is 39.0 Å². The zero-order valence-corrected chi connectivity index (χ0v) is 12.1. The van der Waals surface area contributed by atoms with Crippen molar-refractivity contribution in [1.82, 2.24) is 9.55 Å². The maximum atomic E-state index is 11.5. The minimum absolute atomic E-state index is 0.0975. The Labute approximate surface area is 119 Å². The third-order valence-electron chi connectivity index (χ3n) is 4.15. The first-order valence-electron chi connectivity index (χ1n) is 7.32. The van der Waals surface area contributed by atoms with E-state index in [0.29, 0.717) is 0 Å². The molecule has 1 saturated carbocycles. The number of allylic oxidation sites excluding steroid dienone is 1. The topological polar surface area (TPSA) is 34.9 Å². The van der Waals surface area contributed by atoms with E-state index in [0.717, 1.165) is 22.4 Å². The van der Waals surface area contributed by atoms with Crippen LogP contribution >= 0.6 is 0 Å². The van der Waals surface area contributed by atoms with E-state index < -0.39 is 0 Å². The van der Waals surface area contributed by atoms with Gasteiger partial charge in [0, 0.05) is 12.6 Å². The number of rotatable bonds is 2. The molecule has 0 atom stereocenters. The molecule has 1 fully saturated rings. The van der Waals surface area contributed by atoms with Crippen LogP contribution in [-0.2, 0) is 7.05 Å². The number of Topliss-reactive ketones (excluding diaryl/α,β-unsaturated/α-hetero) is 1. The lowest BCUT2D eigenvalue weighted by atomic mass is 9.95. The van der Waals surface area contributed by atoms with Crippen LogP contribution < -0.4 is 0 Å². The van der Waals surface area contributed by atoms with Gasteiger partial charge in [-0.3, -0.25) is 4.79 Å². The van der Waals surface area contributed by atoms with Crippen LogP contribution in [0.1, 0.15) is 55.2 Å². The summed E-state index contributed by atoms with van der Waals surface area (Å²) in [7, 11) is 2.02. The summed E-state index contributed by atoms with van der Waals surface area (Å²) in [6.45, 7) is 1.60. The van der Waals surface area contributed by atoms with Crippen LogP contribution in [0.2, 0.25) is 0 Å². The fraction of sp³-hybridized carbons (Fsp3) is 0.412. The Morgan fingerprint density at radius 3 is 2.70 bits per heavy atom. The van der Waals surface area contributed by atoms with Crippen LogP contribution in [-0.4, -0.2) is 15.3 Å². The number of hydrogen-bond donors (Lipinski definition) is 0. The second-order valence-corrected chi connectivity index (χ2v) is 5.65. The van der Waals surface area contributed by atoms with Gasteiger partial charge in [0.15, 0.2) is 5.78 Å². The van der Waals surface area contributed by atoms with Crippen molar-refractivity contribution in [2.75, 3.05) is 0 Å². The van der Waals surface area contributed by atoms with Crippen molar-refractivity contribution in [1.29, 1.82) is 0 Å². The van der Waals surface area contributed by atoms with E-state index in [9.17, 15) is 4.79 Å². The third kappa shape index (κ3) is 2.40. The summed E-state index contributed by atoms with van der Waals surface area (Å²) in [6, 6.07) is 5.73. The average molecular weight is 268 g/mol. The van der Waals surface area contributed by atoms with E-state index in [4.69, 9.17) is 0 Å². The van der Waals surface area contributed by atoms with Crippen molar-refractivity contribution >= 4 is 22.9 Å². The molecule has 0 aliphatic heterocycles. The van der Waals surface area contributed by atoms with Crippen molar-refractivity contribution in [2.24, 2.45) is 7.05 Å². The molecular weight excluding hydrogens is 248 g/mol. The van der Waals surface area contributed by atoms with Crippen LogP contribution in [0, 0.1) is 0 Å². The Bertz CT molecular complexity index is 686. The summed E-state index contributed by atoms with van der Waals surface area (Å²) < 4.78 is 2.09. The predicted molar refractivity (Wildman–Crippen MR) is 81.8 cm³/mol. The molecule has 2 aromatic rings. The first-order chi connectivity index (χ1) is 9.65. The molecule has 3 rings (SSSR count). The van der Waals surface area contributed by atoms with Crippen LogP contribution in [0.3, 0.4) is 0 Å². The molecule has 0 radical (unpaired) electrons. The van der Waals surface area contributed by atoms with Gasteiger partial charge in [0.25, 0.3) is 0 Å². The quantitative estimate of drug-likeness (QED) is 0.768. The number of ketones is 1. The second kappa shape index (κ2) is 5.23. The Kier molecular flexibility index (Phi) is 3.43. The molecule has 0 bridgehead atoms. The summed E-state index contributed by atoms with van der Waals surface area (Å²) >= 11 is 0. The maximum Gasteiger partial charge on any atom is 0.159 e. The Hall–Kier alpha value is -1.90. The molecule has 3 heteroatoms. The lowest BCUT2D eigenvalue weighted by molar-refractivity contribution is 0.101. The second-order valence-electron chi connectivity index (χ2n) is 5.65. The highest BCUT2D eigenvalue weighted by Gasteiger charge is 2.11. The zero-order valence-electron chi connectivity index (χ0n) is 12.1. The van der Waals surface area contributed by atoms with Gasteiger partial charge >= 0.3 is 0 Å². The van der Waals surface area contributed by atoms with Gasteiger partial charge < -0.3 is 4.57 Å². The van der Waals surface area contributed by atoms with Crippen LogP contribution in [0.15, 0.2) is 23.8 Å². The normalized spacial score (nSPS) is 15.6. The zero-order chi connectivity index (χ0) is 14.1. The van der Waals surface area contributed by atoms with E-state index in [-0.39, 0.29) is 5.78 Å². The molecule has 1 aliphatic rings. The number of hydrogen-bond acceptors (Lipinski definition) is 2. The number of benzene rings is 1. The van der Waals surface area contributed by atoms with Gasteiger partial charge in [-0.2, -0.15) is 0 Å². The molecule has 1 aliphatic carbocycles. The third-order valence-corrected chi connectivity index (χ3v) is 4.15. The highest BCUT2D eigenvalue weighted by atomic mass is 16.1. The van der Waals surface area contributed by atoms with Crippen molar-refractivity contribution in [3.05, 3.63) is 35.2 Å². The average Bonchev–Trinajstić information content (AvgIpc) is 2.76. The summed E-state index contributed by atoms with van der Waals surface area (Å²) in [5, 5.41) is 0. The molecule has 3 nitrogen and oxygen atoms in total. The summed E-state index contributed by atoms with van der Waals surface area (Å²) in [5.41, 5.74) is 4.24. The summed E-state index contributed by atoms with van der Waals surface area (Å²) in [5.74, 6) is 1.10. The highest BCUT2D eigenvalue weighted by molar-refractivity contribution is 5.97. The smallest absolute Gasteiger partial charge is 0.159 e. The monoisotopic (exact) mass is 268 g/mol. The number of fused-ring (bicyclic) bond motifs is 1. The fourth-order valence-corrected chi connectivity index (χ4v) is 2.89. The molecule has 1 aromatic carbocycles. The number of carbonyl (C=O) groups is 1. The molecule has 1 aromatic heterocycles. The van der Waals surface area contributed by atoms with Gasteiger partial charge in [0.1, 0.15) is 5.82 Å². The summed E-state index contributed by atoms with van der Waals surface area (Å²) in [6.07, 6.45) is 8.56. The fourth-order valence-electron chi connectivity index (χ4n) is 2.89. The number of aryl methyl sites for hydroxylation is 1. The van der Waals surface area contributed by atoms with Crippen LogP contribution in [0.25, 0.3) is 17.1 Å². The highest BCUT2D eigenvalue weighted by Crippen LogP contribution is 2.26. The van der Waals surface area contributed by atoms with Gasteiger partial charge in [-0.05, 0) is 56.9 Å². The molecule has 20 heavy (non-hydrogen) atoms. The molecular formula is C17H20N2O. The number of nitrogens with zero attached hydrogens (tertiary/aromatic N) is 2. The van der Waals surface area contributed by atoms with Crippen LogP contribution in [0.4, 0.5) is 0 Å². The van der Waals surface area contributed by atoms with E-state index in [1.807, 2.05) is 25.2 Å². The predicted octanol–water partition coefficient (Wildman–Crippen LogP) is 4.12. The lowest BCUT2D eigenvalue weighted by Gasteiger charge is -2.13. The van der Waals surface area contributed by atoms with Crippen molar-refractivity contribution in [3.8, 4) is 0 Å². The van der Waals surface area contributed by atoms with Crippen LogP contribution in [0.5, 0.6) is 0 Å². The minimum atomic E-state index is 0.0975. The Balaban J connectivity index is 2.04. The van der Waals surface area contributed by atoms with E-state index >= 15 is 0 Å². The van der Waals surface area contributed by atoms with Gasteiger partial charge in [0.2, 0.25) is 0 Å². The first-order valence-corrected chi connectivity index (χ1v) is 7.32. The molecule has 0 saturated heterocycles. The van der Waals surface area contributed by atoms with Crippen molar-refractivity contribution < 1.29 is 4.79 Å². The lowest BCUT2D eigenvalue weighted by Crippen LogP contribution is -1.97. The summed E-state index contributed by atoms with van der Waals surface area (Å²) in [4.78, 5) is 16.2. The van der Waals surface area contributed by atoms with Gasteiger partial charge in [-0.25, -0.2) is 4.98 Å². The molecule has 0 spiro atoms. The number of imidazole rings is 1. The van der Waals surface area contributed by atoms with Gasteiger partial charge in [-0.15, -0.1) is 0 Å². The van der Waals surface area contributed by atoms with E-state index in [1.165, 1.54) is 37.7 Å². The molecule has 0 unspecified atom stereocenters. The Morgan fingerprint density at radius 1 is 1.25 bits per heavy atom. The van der Waals surface area contributed by atoms with Gasteiger partial charge in [0.05, 0.1) is 11.0 Å². The maximum absolute atomic E-state index is 11.5. The first kappa shape index (κ1) is 13.1. The van der Waals surface area contributed by atoms with E-state index in [2.05, 4.69) is 15.6 Å². The number of aromatic nitrogens is 2. The molecule has 0 N–H and O–H groups in total. The SMILES string of the molecule is CC(=O)c1ccc2nc(C=C3CCCCC3)n(C)c2c1. The Morgan fingerprint density at radius 2 is 2.00 bits per heavy atom. The standard InChI is InChI=1S/C17H20N2O/c1-12(20)14-8-9-15-16(11-14)19(2)17(18-15)10-13-6-4-3-5-7-13/h8-11H,3-7H2,1-2H3.